The summed E-state index contributed by atoms with van der Waals surface area (Å²) in [7, 11) is 3.02. The molecule has 0 spiro atoms. The van der Waals surface area contributed by atoms with Crippen molar-refractivity contribution >= 4 is 23.5 Å². The first-order valence-corrected chi connectivity index (χ1v) is 5.92. The van der Waals surface area contributed by atoms with Crippen LogP contribution in [0.2, 0.25) is 0 Å². The first kappa shape index (κ1) is 13.1. The van der Waals surface area contributed by atoms with Gasteiger partial charge in [-0.1, -0.05) is 12.1 Å². The summed E-state index contributed by atoms with van der Waals surface area (Å²) in [5.74, 6) is -0.758. The maximum Gasteiger partial charge on any atom is 0.318 e. The van der Waals surface area contributed by atoms with Gasteiger partial charge >= 0.3 is 6.03 Å². The molecule has 1 atom stereocenters. The molecule has 6 nitrogen and oxygen atoms in total. The molecule has 0 aromatic heterocycles. The third-order valence-corrected chi connectivity index (χ3v) is 3.18. The van der Waals surface area contributed by atoms with Gasteiger partial charge in [0.1, 0.15) is 0 Å². The summed E-state index contributed by atoms with van der Waals surface area (Å²) >= 11 is 0. The lowest BCUT2D eigenvalue weighted by Crippen LogP contribution is -2.25. The average molecular weight is 261 g/mol. The maximum atomic E-state index is 11.9. The number of nitrogens with one attached hydrogen (secondary N) is 2. The van der Waals surface area contributed by atoms with Crippen molar-refractivity contribution in [3.63, 3.8) is 0 Å². The molecular formula is C13H15N3O3. The highest BCUT2D eigenvalue weighted by atomic mass is 16.2. The van der Waals surface area contributed by atoms with Gasteiger partial charge in [-0.3, -0.25) is 14.5 Å². The molecule has 0 radical (unpaired) electrons. The van der Waals surface area contributed by atoms with Gasteiger partial charge in [0.2, 0.25) is 11.8 Å². The lowest BCUT2D eigenvalue weighted by atomic mass is 9.97. The van der Waals surface area contributed by atoms with E-state index in [2.05, 4.69) is 10.6 Å². The molecule has 4 amide bonds. The monoisotopic (exact) mass is 261 g/mol. The molecule has 1 aromatic rings. The minimum absolute atomic E-state index is 0.164. The van der Waals surface area contributed by atoms with Crippen LogP contribution in [-0.2, 0) is 9.59 Å². The Bertz CT molecular complexity index is 524. The van der Waals surface area contributed by atoms with Crippen LogP contribution in [0, 0.1) is 0 Å². The smallest absolute Gasteiger partial charge is 0.318 e. The van der Waals surface area contributed by atoms with Crippen LogP contribution in [0.3, 0.4) is 0 Å². The van der Waals surface area contributed by atoms with E-state index in [9.17, 15) is 14.4 Å². The quantitative estimate of drug-likeness (QED) is 0.777. The normalized spacial score (nSPS) is 18.6. The molecule has 1 saturated heterocycles. The Morgan fingerprint density at radius 1 is 1.26 bits per heavy atom. The molecule has 100 valence electrons. The largest absolute Gasteiger partial charge is 0.341 e. The van der Waals surface area contributed by atoms with Gasteiger partial charge in [-0.05, 0) is 17.7 Å². The molecule has 6 heteroatoms. The zero-order valence-electron chi connectivity index (χ0n) is 10.8. The van der Waals surface area contributed by atoms with Crippen LogP contribution < -0.4 is 10.6 Å². The Morgan fingerprint density at radius 3 is 2.37 bits per heavy atom. The summed E-state index contributed by atoms with van der Waals surface area (Å²) in [6.07, 6.45) is 0.206. The lowest BCUT2D eigenvalue weighted by Gasteiger charge is -2.10. The minimum atomic E-state index is -0.411. The number of urea groups is 1. The van der Waals surface area contributed by atoms with E-state index in [1.165, 1.54) is 14.1 Å². The van der Waals surface area contributed by atoms with Crippen molar-refractivity contribution in [2.24, 2.45) is 0 Å². The molecule has 0 bridgehead atoms. The number of hydrogen-bond acceptors (Lipinski definition) is 3. The van der Waals surface area contributed by atoms with E-state index in [0.717, 1.165) is 10.5 Å². The van der Waals surface area contributed by atoms with Gasteiger partial charge in [0.15, 0.2) is 0 Å². The molecule has 1 unspecified atom stereocenters. The van der Waals surface area contributed by atoms with Gasteiger partial charge in [-0.25, -0.2) is 4.79 Å². The number of carbonyl (C=O) groups excluding carboxylic acids is 3. The van der Waals surface area contributed by atoms with Crippen LogP contribution in [0.4, 0.5) is 10.5 Å². The second kappa shape index (κ2) is 5.09. The van der Waals surface area contributed by atoms with Crippen LogP contribution in [0.25, 0.3) is 0 Å². The predicted octanol–water partition coefficient (Wildman–Crippen LogP) is 0.910. The van der Waals surface area contributed by atoms with E-state index in [1.54, 1.807) is 24.3 Å². The summed E-state index contributed by atoms with van der Waals surface area (Å²) < 4.78 is 0. The summed E-state index contributed by atoms with van der Waals surface area (Å²) in [6.45, 7) is 0. The molecule has 19 heavy (non-hydrogen) atoms. The summed E-state index contributed by atoms with van der Waals surface area (Å²) in [4.78, 5) is 35.6. The number of imide groups is 1. The lowest BCUT2D eigenvalue weighted by molar-refractivity contribution is -0.137. The van der Waals surface area contributed by atoms with Crippen LogP contribution in [0.15, 0.2) is 24.3 Å². The molecule has 2 rings (SSSR count). The molecule has 1 heterocycles. The van der Waals surface area contributed by atoms with Gasteiger partial charge in [0, 0.05) is 26.2 Å². The summed E-state index contributed by atoms with van der Waals surface area (Å²) in [5, 5.41) is 5.07. The van der Waals surface area contributed by atoms with Crippen molar-refractivity contribution in [1.82, 2.24) is 10.2 Å². The fourth-order valence-corrected chi connectivity index (χ4v) is 2.01. The van der Waals surface area contributed by atoms with Gasteiger partial charge in [0.05, 0.1) is 5.92 Å². The molecule has 1 aliphatic heterocycles. The van der Waals surface area contributed by atoms with Crippen LogP contribution in [0.5, 0.6) is 0 Å². The molecular weight excluding hydrogens is 246 g/mol. The minimum Gasteiger partial charge on any atom is -0.341 e. The van der Waals surface area contributed by atoms with E-state index in [-0.39, 0.29) is 24.3 Å². The third kappa shape index (κ3) is 2.57. The number of nitrogens with zero attached hydrogens (tertiary/aromatic N) is 1. The first-order chi connectivity index (χ1) is 9.02. The molecule has 1 fully saturated rings. The Kier molecular flexibility index (Phi) is 3.50. The number of amides is 4. The van der Waals surface area contributed by atoms with Crippen molar-refractivity contribution in [2.45, 2.75) is 12.3 Å². The van der Waals surface area contributed by atoms with Crippen LogP contribution in [0.1, 0.15) is 17.9 Å². The van der Waals surface area contributed by atoms with Crippen LogP contribution in [-0.4, -0.2) is 36.8 Å². The number of hydrogen-bond donors (Lipinski definition) is 2. The highest BCUT2D eigenvalue weighted by Gasteiger charge is 2.36. The number of likely N-dealkylation sites (N-methyl/N-ethyl adjacent to an activating group) is 1. The van der Waals surface area contributed by atoms with E-state index in [0.29, 0.717) is 5.69 Å². The molecule has 2 N–H and O–H groups in total. The fraction of sp³-hybridized carbons (Fsp3) is 0.308. The summed E-state index contributed by atoms with van der Waals surface area (Å²) in [6, 6.07) is 6.61. The number of benzene rings is 1. The molecule has 1 aromatic carbocycles. The fourth-order valence-electron chi connectivity index (χ4n) is 2.01. The first-order valence-electron chi connectivity index (χ1n) is 5.92. The number of anilines is 1. The zero-order chi connectivity index (χ0) is 14.0. The third-order valence-electron chi connectivity index (χ3n) is 3.18. The van der Waals surface area contributed by atoms with Crippen molar-refractivity contribution in [1.29, 1.82) is 0 Å². The zero-order valence-corrected chi connectivity index (χ0v) is 10.8. The van der Waals surface area contributed by atoms with Crippen molar-refractivity contribution < 1.29 is 14.4 Å². The molecule has 0 aliphatic carbocycles. The van der Waals surface area contributed by atoms with E-state index in [4.69, 9.17) is 0 Å². The highest BCUT2D eigenvalue weighted by molar-refractivity contribution is 6.05. The van der Waals surface area contributed by atoms with E-state index >= 15 is 0 Å². The Hall–Kier alpha value is -2.37. The summed E-state index contributed by atoms with van der Waals surface area (Å²) in [5.41, 5.74) is 1.42. The Labute approximate surface area is 110 Å². The SMILES string of the molecule is CNC(=O)Nc1ccc(C2CC(=O)N(C)C2=O)cc1. The van der Waals surface area contributed by atoms with Gasteiger partial charge < -0.3 is 10.6 Å². The highest BCUT2D eigenvalue weighted by Crippen LogP contribution is 2.29. The van der Waals surface area contributed by atoms with E-state index in [1.807, 2.05) is 0 Å². The number of carbonyl (C=O) groups is 3. The molecule has 1 aliphatic rings. The Morgan fingerprint density at radius 2 is 1.89 bits per heavy atom. The average Bonchev–Trinajstić information content (AvgIpc) is 2.67. The van der Waals surface area contributed by atoms with Gasteiger partial charge in [0.25, 0.3) is 0 Å². The Balaban J connectivity index is 2.13. The van der Waals surface area contributed by atoms with Crippen molar-refractivity contribution in [3.05, 3.63) is 29.8 Å². The second-order valence-electron chi connectivity index (χ2n) is 4.37. The number of rotatable bonds is 2. The number of likely N-dealkylation sites (tertiary alicyclic amines) is 1. The van der Waals surface area contributed by atoms with Crippen molar-refractivity contribution in [3.8, 4) is 0 Å². The second-order valence-corrected chi connectivity index (χ2v) is 4.37. The molecule has 0 saturated carbocycles. The van der Waals surface area contributed by atoms with Gasteiger partial charge in [-0.15, -0.1) is 0 Å². The topological polar surface area (TPSA) is 78.5 Å². The van der Waals surface area contributed by atoms with Crippen LogP contribution >= 0.6 is 0 Å². The standard InChI is InChI=1S/C13H15N3O3/c1-14-13(19)15-9-5-3-8(4-6-9)10-7-11(17)16(2)12(10)18/h3-6,10H,7H2,1-2H3,(H2,14,15,19). The van der Waals surface area contributed by atoms with E-state index < -0.39 is 5.92 Å². The predicted molar refractivity (Wildman–Crippen MR) is 69.7 cm³/mol. The van der Waals surface area contributed by atoms with Crippen molar-refractivity contribution in [2.75, 3.05) is 19.4 Å². The van der Waals surface area contributed by atoms with Gasteiger partial charge in [-0.2, -0.15) is 0 Å². The maximum absolute atomic E-state index is 11.9.